The minimum absolute atomic E-state index is 0.0915. The Hall–Kier alpha value is -2.86. The van der Waals surface area contributed by atoms with Crippen molar-refractivity contribution in [3.05, 3.63) is 66.2 Å². The molecule has 6 nitrogen and oxygen atoms in total. The Balaban J connectivity index is 1.35. The zero-order valence-corrected chi connectivity index (χ0v) is 13.9. The van der Waals surface area contributed by atoms with Gasteiger partial charge in [0.25, 0.3) is 5.91 Å². The van der Waals surface area contributed by atoms with E-state index in [0.29, 0.717) is 0 Å². The number of nitrogens with zero attached hydrogens (tertiary/aromatic N) is 3. The molecule has 0 bridgehead atoms. The summed E-state index contributed by atoms with van der Waals surface area (Å²) in [6.07, 6.45) is 3.42. The van der Waals surface area contributed by atoms with E-state index in [0.717, 1.165) is 55.3 Å². The summed E-state index contributed by atoms with van der Waals surface area (Å²) >= 11 is 0. The third-order valence-corrected chi connectivity index (χ3v) is 4.56. The van der Waals surface area contributed by atoms with Crippen molar-refractivity contribution >= 4 is 5.91 Å². The molecule has 1 saturated heterocycles. The second-order valence-electron chi connectivity index (χ2n) is 6.20. The van der Waals surface area contributed by atoms with E-state index in [-0.39, 0.29) is 5.91 Å². The molecule has 0 saturated carbocycles. The molecule has 0 unspecified atom stereocenters. The van der Waals surface area contributed by atoms with Crippen molar-refractivity contribution in [2.45, 2.75) is 6.54 Å². The Morgan fingerprint density at radius 3 is 2.52 bits per heavy atom. The van der Waals surface area contributed by atoms with Gasteiger partial charge in [-0.3, -0.25) is 14.8 Å². The average Bonchev–Trinajstić information content (AvgIpc) is 3.36. The molecule has 3 aromatic rings. The summed E-state index contributed by atoms with van der Waals surface area (Å²) in [5.41, 5.74) is 2.70. The van der Waals surface area contributed by atoms with Crippen LogP contribution in [0.2, 0.25) is 0 Å². The number of amides is 1. The topological polar surface area (TPSA) is 65.4 Å². The third kappa shape index (κ3) is 3.49. The van der Waals surface area contributed by atoms with Crippen LogP contribution < -0.4 is 0 Å². The largest absolute Gasteiger partial charge is 0.468 e. The number of rotatable bonds is 4. The number of carbonyl (C=O) groups is 1. The highest BCUT2D eigenvalue weighted by atomic mass is 16.3. The number of hydrogen-bond acceptors (Lipinski definition) is 4. The lowest BCUT2D eigenvalue weighted by atomic mass is 10.1. The molecule has 4 rings (SSSR count). The molecule has 128 valence electrons. The van der Waals surface area contributed by atoms with Gasteiger partial charge in [-0.05, 0) is 35.9 Å². The van der Waals surface area contributed by atoms with Gasteiger partial charge in [0, 0.05) is 37.9 Å². The second-order valence-corrected chi connectivity index (χ2v) is 6.20. The molecule has 1 fully saturated rings. The smallest absolute Gasteiger partial charge is 0.253 e. The predicted molar refractivity (Wildman–Crippen MR) is 93.9 cm³/mol. The number of furan rings is 1. The van der Waals surface area contributed by atoms with E-state index in [2.05, 4.69) is 15.1 Å². The zero-order valence-electron chi connectivity index (χ0n) is 13.9. The fourth-order valence-corrected chi connectivity index (χ4v) is 3.12. The van der Waals surface area contributed by atoms with Crippen molar-refractivity contribution in [3.63, 3.8) is 0 Å². The van der Waals surface area contributed by atoms with Gasteiger partial charge < -0.3 is 9.32 Å². The molecule has 3 heterocycles. The summed E-state index contributed by atoms with van der Waals surface area (Å²) < 4.78 is 5.39. The minimum atomic E-state index is 0.0915. The highest BCUT2D eigenvalue weighted by molar-refractivity contribution is 5.94. The number of hydrogen-bond donors (Lipinski definition) is 1. The van der Waals surface area contributed by atoms with Crippen LogP contribution in [0.5, 0.6) is 0 Å². The average molecular weight is 336 g/mol. The van der Waals surface area contributed by atoms with Crippen LogP contribution in [0, 0.1) is 0 Å². The van der Waals surface area contributed by atoms with Gasteiger partial charge >= 0.3 is 0 Å². The van der Waals surface area contributed by atoms with E-state index in [1.54, 1.807) is 12.5 Å². The lowest BCUT2D eigenvalue weighted by Gasteiger charge is -2.34. The number of aromatic nitrogens is 2. The van der Waals surface area contributed by atoms with Gasteiger partial charge in [-0.1, -0.05) is 12.1 Å². The van der Waals surface area contributed by atoms with Crippen molar-refractivity contribution in [1.82, 2.24) is 20.0 Å². The van der Waals surface area contributed by atoms with Crippen molar-refractivity contribution in [3.8, 4) is 11.3 Å². The van der Waals surface area contributed by atoms with E-state index < -0.39 is 0 Å². The number of aromatic amines is 1. The quantitative estimate of drug-likeness (QED) is 0.795. The minimum Gasteiger partial charge on any atom is -0.468 e. The zero-order chi connectivity index (χ0) is 17.1. The standard InChI is InChI=1S/C19H20N4O2/c24-19(16-5-3-15(4-6-16)18-7-8-20-21-18)23-11-9-22(10-12-23)14-17-2-1-13-25-17/h1-8,13H,9-12,14H2,(H,20,21). The molecule has 0 spiro atoms. The lowest BCUT2D eigenvalue weighted by Crippen LogP contribution is -2.48. The molecule has 1 aromatic carbocycles. The monoisotopic (exact) mass is 336 g/mol. The van der Waals surface area contributed by atoms with Crippen LogP contribution in [0.4, 0.5) is 0 Å². The third-order valence-electron chi connectivity index (χ3n) is 4.56. The van der Waals surface area contributed by atoms with Gasteiger partial charge in [0.05, 0.1) is 18.5 Å². The number of carbonyl (C=O) groups excluding carboxylic acids is 1. The van der Waals surface area contributed by atoms with Gasteiger partial charge in [0.15, 0.2) is 0 Å². The Morgan fingerprint density at radius 1 is 1.08 bits per heavy atom. The first-order chi connectivity index (χ1) is 12.3. The molecule has 1 aliphatic rings. The summed E-state index contributed by atoms with van der Waals surface area (Å²) in [5.74, 6) is 1.06. The summed E-state index contributed by atoms with van der Waals surface area (Å²) in [6, 6.07) is 13.5. The number of benzene rings is 1. The first-order valence-electron chi connectivity index (χ1n) is 8.43. The van der Waals surface area contributed by atoms with Gasteiger partial charge in [-0.15, -0.1) is 0 Å². The first kappa shape index (κ1) is 15.7. The molecule has 1 aliphatic heterocycles. The molecular formula is C19H20N4O2. The van der Waals surface area contributed by atoms with Crippen molar-refractivity contribution in [2.75, 3.05) is 26.2 Å². The van der Waals surface area contributed by atoms with Crippen molar-refractivity contribution < 1.29 is 9.21 Å². The summed E-state index contributed by atoms with van der Waals surface area (Å²) in [6.45, 7) is 3.99. The van der Waals surface area contributed by atoms with Crippen LogP contribution in [0.3, 0.4) is 0 Å². The number of H-pyrrole nitrogens is 1. The molecular weight excluding hydrogens is 316 g/mol. The predicted octanol–water partition coefficient (Wildman–Crippen LogP) is 2.63. The molecule has 1 amide bonds. The van der Waals surface area contributed by atoms with E-state index in [1.165, 1.54) is 0 Å². The maximum absolute atomic E-state index is 12.7. The second kappa shape index (κ2) is 6.94. The van der Waals surface area contributed by atoms with E-state index >= 15 is 0 Å². The maximum Gasteiger partial charge on any atom is 0.253 e. The SMILES string of the molecule is O=C(c1ccc(-c2ccn[nH]2)cc1)N1CCN(Cc2ccco2)CC1. The van der Waals surface area contributed by atoms with E-state index in [1.807, 2.05) is 47.4 Å². The fourth-order valence-electron chi connectivity index (χ4n) is 3.12. The normalized spacial score (nSPS) is 15.4. The van der Waals surface area contributed by atoms with Gasteiger partial charge in [-0.2, -0.15) is 5.10 Å². The van der Waals surface area contributed by atoms with E-state index in [4.69, 9.17) is 4.42 Å². The Kier molecular flexibility index (Phi) is 4.35. The van der Waals surface area contributed by atoms with Gasteiger partial charge in [0.2, 0.25) is 0 Å². The first-order valence-corrected chi connectivity index (χ1v) is 8.43. The van der Waals surface area contributed by atoms with E-state index in [9.17, 15) is 4.79 Å². The van der Waals surface area contributed by atoms with Crippen LogP contribution >= 0.6 is 0 Å². The molecule has 1 N–H and O–H groups in total. The highest BCUT2D eigenvalue weighted by Crippen LogP contribution is 2.18. The van der Waals surface area contributed by atoms with Crippen molar-refractivity contribution in [2.24, 2.45) is 0 Å². The van der Waals surface area contributed by atoms with Crippen LogP contribution in [0.25, 0.3) is 11.3 Å². The number of piperazine rings is 1. The fraction of sp³-hybridized carbons (Fsp3) is 0.263. The molecule has 0 radical (unpaired) electrons. The Morgan fingerprint density at radius 2 is 1.88 bits per heavy atom. The Bertz CT molecular complexity index is 802. The molecule has 6 heteroatoms. The maximum atomic E-state index is 12.7. The van der Waals surface area contributed by atoms with Crippen LogP contribution in [0.15, 0.2) is 59.3 Å². The number of nitrogens with one attached hydrogen (secondary N) is 1. The van der Waals surface area contributed by atoms with Crippen LogP contribution in [-0.4, -0.2) is 52.1 Å². The summed E-state index contributed by atoms with van der Waals surface area (Å²) in [7, 11) is 0. The lowest BCUT2D eigenvalue weighted by molar-refractivity contribution is 0.0620. The molecule has 25 heavy (non-hydrogen) atoms. The molecule has 2 aromatic heterocycles. The van der Waals surface area contributed by atoms with Crippen molar-refractivity contribution in [1.29, 1.82) is 0 Å². The Labute approximate surface area is 146 Å². The summed E-state index contributed by atoms with van der Waals surface area (Å²) in [5, 5.41) is 6.88. The van der Waals surface area contributed by atoms with Gasteiger partial charge in [-0.25, -0.2) is 0 Å². The van der Waals surface area contributed by atoms with Crippen LogP contribution in [-0.2, 0) is 6.54 Å². The molecule has 0 atom stereocenters. The van der Waals surface area contributed by atoms with Crippen LogP contribution in [0.1, 0.15) is 16.1 Å². The molecule has 0 aliphatic carbocycles. The highest BCUT2D eigenvalue weighted by Gasteiger charge is 2.22. The summed E-state index contributed by atoms with van der Waals surface area (Å²) in [4.78, 5) is 16.9. The van der Waals surface area contributed by atoms with Gasteiger partial charge in [0.1, 0.15) is 5.76 Å².